The number of rotatable bonds is 4. The quantitative estimate of drug-likeness (QED) is 0.566. The van der Waals surface area contributed by atoms with Crippen LogP contribution >= 0.6 is 0 Å². The zero-order chi connectivity index (χ0) is 12.1. The summed E-state index contributed by atoms with van der Waals surface area (Å²) in [6.07, 6.45) is -0.623. The third-order valence-corrected chi connectivity index (χ3v) is 1.19. The van der Waals surface area contributed by atoms with E-state index >= 15 is 0 Å². The number of carbonyl (C=O) groups is 1. The standard InChI is InChI=1S/C8H16N2O5/c1-6(5-14-10(12)13)9-7(11)15-8(2,3)4/h6H,5H2,1-4H3,(H,9,11). The van der Waals surface area contributed by atoms with Crippen molar-refractivity contribution in [3.8, 4) is 0 Å². The molecule has 0 radical (unpaired) electrons. The molecule has 0 aromatic carbocycles. The summed E-state index contributed by atoms with van der Waals surface area (Å²) < 4.78 is 4.94. The lowest BCUT2D eigenvalue weighted by molar-refractivity contribution is -0.758. The van der Waals surface area contributed by atoms with Crippen molar-refractivity contribution in [1.82, 2.24) is 5.32 Å². The Bertz CT molecular complexity index is 236. The summed E-state index contributed by atoms with van der Waals surface area (Å²) in [6.45, 7) is 6.56. The predicted molar refractivity (Wildman–Crippen MR) is 51.8 cm³/mol. The average molecular weight is 220 g/mol. The molecule has 1 unspecified atom stereocenters. The van der Waals surface area contributed by atoms with Crippen LogP contribution < -0.4 is 5.32 Å². The zero-order valence-corrected chi connectivity index (χ0v) is 9.27. The molecule has 0 aromatic heterocycles. The molecule has 0 spiro atoms. The first-order valence-corrected chi connectivity index (χ1v) is 4.47. The zero-order valence-electron chi connectivity index (χ0n) is 9.27. The largest absolute Gasteiger partial charge is 0.444 e. The number of ether oxygens (including phenoxy) is 1. The molecule has 15 heavy (non-hydrogen) atoms. The van der Waals surface area contributed by atoms with Crippen LogP contribution in [-0.4, -0.2) is 29.4 Å². The maximum atomic E-state index is 11.2. The summed E-state index contributed by atoms with van der Waals surface area (Å²) in [5.41, 5.74) is -0.590. The molecule has 0 aliphatic rings. The lowest BCUT2D eigenvalue weighted by Gasteiger charge is -2.21. The van der Waals surface area contributed by atoms with Crippen molar-refractivity contribution in [2.45, 2.75) is 39.3 Å². The minimum atomic E-state index is -0.909. The van der Waals surface area contributed by atoms with Crippen LogP contribution in [0.4, 0.5) is 4.79 Å². The fraction of sp³-hybridized carbons (Fsp3) is 0.875. The maximum Gasteiger partial charge on any atom is 0.407 e. The van der Waals surface area contributed by atoms with Gasteiger partial charge < -0.3 is 14.9 Å². The summed E-state index contributed by atoms with van der Waals surface area (Å²) in [5.74, 6) is 0. The molecule has 1 amide bonds. The molecular formula is C8H16N2O5. The Hall–Kier alpha value is -1.53. The number of nitrogens with zero attached hydrogens (tertiary/aromatic N) is 1. The van der Waals surface area contributed by atoms with Crippen molar-refractivity contribution < 1.29 is 19.5 Å². The Labute approximate surface area is 87.8 Å². The van der Waals surface area contributed by atoms with E-state index in [2.05, 4.69) is 10.2 Å². The smallest absolute Gasteiger partial charge is 0.407 e. The van der Waals surface area contributed by atoms with Crippen LogP contribution in [0.3, 0.4) is 0 Å². The second kappa shape index (κ2) is 5.38. The molecule has 1 N–H and O–H groups in total. The van der Waals surface area contributed by atoms with E-state index in [0.717, 1.165) is 0 Å². The van der Waals surface area contributed by atoms with Crippen LogP contribution in [0.25, 0.3) is 0 Å². The Morgan fingerprint density at radius 1 is 1.53 bits per heavy atom. The lowest BCUT2D eigenvalue weighted by atomic mass is 10.2. The first-order valence-electron chi connectivity index (χ1n) is 4.47. The summed E-state index contributed by atoms with van der Waals surface area (Å²) in [5, 5.41) is 11.3. The molecule has 1 atom stereocenters. The molecule has 7 nitrogen and oxygen atoms in total. The Kier molecular flexibility index (Phi) is 4.83. The molecule has 0 rings (SSSR count). The average Bonchev–Trinajstić information content (AvgIpc) is 1.96. The van der Waals surface area contributed by atoms with E-state index in [4.69, 9.17) is 4.74 Å². The number of hydrogen-bond acceptors (Lipinski definition) is 5. The molecule has 0 saturated heterocycles. The van der Waals surface area contributed by atoms with Gasteiger partial charge in [-0.15, -0.1) is 10.1 Å². The highest BCUT2D eigenvalue weighted by Gasteiger charge is 2.17. The van der Waals surface area contributed by atoms with Gasteiger partial charge in [-0.25, -0.2) is 4.79 Å². The van der Waals surface area contributed by atoms with Crippen molar-refractivity contribution in [2.75, 3.05) is 6.61 Å². The minimum Gasteiger partial charge on any atom is -0.444 e. The molecule has 0 aliphatic carbocycles. The first kappa shape index (κ1) is 13.5. The van der Waals surface area contributed by atoms with Crippen molar-refractivity contribution in [3.05, 3.63) is 10.1 Å². The normalized spacial score (nSPS) is 12.8. The van der Waals surface area contributed by atoms with Crippen molar-refractivity contribution >= 4 is 6.09 Å². The number of alkyl carbamates (subject to hydrolysis) is 1. The van der Waals surface area contributed by atoms with Gasteiger partial charge in [0, 0.05) is 0 Å². The van der Waals surface area contributed by atoms with Crippen LogP contribution in [0.1, 0.15) is 27.7 Å². The molecular weight excluding hydrogens is 204 g/mol. The molecule has 0 aliphatic heterocycles. The van der Waals surface area contributed by atoms with Crippen molar-refractivity contribution in [2.24, 2.45) is 0 Å². The molecule has 7 heteroatoms. The molecule has 0 fully saturated rings. The van der Waals surface area contributed by atoms with E-state index in [0.29, 0.717) is 0 Å². The van der Waals surface area contributed by atoms with Gasteiger partial charge in [0.15, 0.2) is 0 Å². The third-order valence-electron chi connectivity index (χ3n) is 1.19. The summed E-state index contributed by atoms with van der Waals surface area (Å²) in [4.78, 5) is 25.1. The first-order chi connectivity index (χ1) is 6.70. The van der Waals surface area contributed by atoms with Crippen molar-refractivity contribution in [3.63, 3.8) is 0 Å². The predicted octanol–water partition coefficient (Wildman–Crippen LogP) is 1.11. The van der Waals surface area contributed by atoms with Crippen LogP contribution in [-0.2, 0) is 9.57 Å². The van der Waals surface area contributed by atoms with Gasteiger partial charge in [0.05, 0.1) is 6.04 Å². The second-order valence-corrected chi connectivity index (χ2v) is 4.07. The Morgan fingerprint density at radius 2 is 2.07 bits per heavy atom. The van der Waals surface area contributed by atoms with E-state index in [-0.39, 0.29) is 6.61 Å². The van der Waals surface area contributed by atoms with E-state index in [1.54, 1.807) is 27.7 Å². The van der Waals surface area contributed by atoms with Crippen LogP contribution in [0.5, 0.6) is 0 Å². The fourth-order valence-electron chi connectivity index (χ4n) is 0.723. The number of hydrogen-bond donors (Lipinski definition) is 1. The van der Waals surface area contributed by atoms with Gasteiger partial charge >= 0.3 is 6.09 Å². The monoisotopic (exact) mass is 220 g/mol. The van der Waals surface area contributed by atoms with E-state index in [1.807, 2.05) is 0 Å². The number of amides is 1. The van der Waals surface area contributed by atoms with Gasteiger partial charge in [-0.2, -0.15) is 0 Å². The minimum absolute atomic E-state index is 0.202. The van der Waals surface area contributed by atoms with Gasteiger partial charge in [0.1, 0.15) is 12.2 Å². The third kappa shape index (κ3) is 8.79. The molecule has 0 bridgehead atoms. The highest BCUT2D eigenvalue weighted by Crippen LogP contribution is 2.06. The van der Waals surface area contributed by atoms with Crippen molar-refractivity contribution in [1.29, 1.82) is 0 Å². The number of nitrogens with one attached hydrogen (secondary N) is 1. The van der Waals surface area contributed by atoms with Gasteiger partial charge in [-0.05, 0) is 27.7 Å². The maximum absolute atomic E-state index is 11.2. The van der Waals surface area contributed by atoms with E-state index in [1.165, 1.54) is 0 Å². The topological polar surface area (TPSA) is 90.7 Å². The fourth-order valence-corrected chi connectivity index (χ4v) is 0.723. The molecule has 0 heterocycles. The van der Waals surface area contributed by atoms with Crippen LogP contribution in [0.15, 0.2) is 0 Å². The summed E-state index contributed by atoms with van der Waals surface area (Å²) >= 11 is 0. The second-order valence-electron chi connectivity index (χ2n) is 4.07. The van der Waals surface area contributed by atoms with Gasteiger partial charge in [-0.3, -0.25) is 0 Å². The Balaban J connectivity index is 3.81. The summed E-state index contributed by atoms with van der Waals surface area (Å²) in [7, 11) is 0. The molecule has 88 valence electrons. The van der Waals surface area contributed by atoms with E-state index < -0.39 is 22.8 Å². The van der Waals surface area contributed by atoms with E-state index in [9.17, 15) is 14.9 Å². The van der Waals surface area contributed by atoms with Gasteiger partial charge in [-0.1, -0.05) is 0 Å². The van der Waals surface area contributed by atoms with Gasteiger partial charge in [0.2, 0.25) is 0 Å². The lowest BCUT2D eigenvalue weighted by Crippen LogP contribution is -2.40. The van der Waals surface area contributed by atoms with Gasteiger partial charge in [0.25, 0.3) is 5.09 Å². The number of carbonyl (C=O) groups excluding carboxylic acids is 1. The molecule has 0 aromatic rings. The molecule has 0 saturated carbocycles. The highest BCUT2D eigenvalue weighted by molar-refractivity contribution is 5.68. The SMILES string of the molecule is CC(CO[N+](=O)[O-])NC(=O)OC(C)(C)C. The van der Waals surface area contributed by atoms with Crippen LogP contribution in [0.2, 0.25) is 0 Å². The highest BCUT2D eigenvalue weighted by atomic mass is 16.9. The Morgan fingerprint density at radius 3 is 2.47 bits per heavy atom. The summed E-state index contributed by atoms with van der Waals surface area (Å²) in [6, 6.07) is -0.481. The van der Waals surface area contributed by atoms with Crippen LogP contribution in [0, 0.1) is 10.1 Å².